The molecule has 1 fully saturated rings. The summed E-state index contributed by atoms with van der Waals surface area (Å²) < 4.78 is 0. The van der Waals surface area contributed by atoms with Gasteiger partial charge in [0.2, 0.25) is 5.91 Å². The molecular weight excluding hydrogens is 318 g/mol. The first-order valence-electron chi connectivity index (χ1n) is 6.98. The van der Waals surface area contributed by atoms with E-state index in [-0.39, 0.29) is 11.9 Å². The summed E-state index contributed by atoms with van der Waals surface area (Å²) in [6.45, 7) is 0.461. The maximum absolute atomic E-state index is 12.1. The van der Waals surface area contributed by atoms with Crippen molar-refractivity contribution in [2.45, 2.75) is 23.5 Å². The van der Waals surface area contributed by atoms with Gasteiger partial charge in [0.05, 0.1) is 17.8 Å². The summed E-state index contributed by atoms with van der Waals surface area (Å²) in [5, 5.41) is 17.8. The molecule has 5 nitrogen and oxygen atoms in total. The normalized spacial score (nSPS) is 21.0. The van der Waals surface area contributed by atoms with Crippen LogP contribution in [0, 0.1) is 0 Å². The van der Waals surface area contributed by atoms with Crippen molar-refractivity contribution in [2.24, 2.45) is 0 Å². The van der Waals surface area contributed by atoms with Crippen molar-refractivity contribution in [3.05, 3.63) is 29.6 Å². The van der Waals surface area contributed by atoms with Crippen molar-refractivity contribution in [1.29, 1.82) is 0 Å². The number of anilines is 1. The molecule has 3 N–H and O–H groups in total. The number of amides is 1. The van der Waals surface area contributed by atoms with Crippen LogP contribution in [0.5, 0.6) is 0 Å². The second-order valence-electron chi connectivity index (χ2n) is 5.11. The summed E-state index contributed by atoms with van der Waals surface area (Å²) in [5.74, 6) is -0.143. The van der Waals surface area contributed by atoms with E-state index in [1.807, 2.05) is 23.8 Å². The molecule has 1 aromatic heterocycles. The standard InChI is InChI=1S/C15H17N3O2S2/c1-21-11-4-2-9(3-5-11)13-8-22-15(17-13)18-14(20)12-6-10(19)7-16-12/h2-5,8,10,12,16,19H,6-7H2,1H3,(H,17,18,20). The van der Waals surface area contributed by atoms with Crippen LogP contribution in [0.25, 0.3) is 11.3 Å². The second-order valence-corrected chi connectivity index (χ2v) is 6.84. The van der Waals surface area contributed by atoms with Crippen LogP contribution in [-0.4, -0.2) is 40.9 Å². The monoisotopic (exact) mass is 335 g/mol. The van der Waals surface area contributed by atoms with E-state index in [1.165, 1.54) is 16.2 Å². The number of thiazole rings is 1. The molecule has 0 saturated carbocycles. The number of rotatable bonds is 4. The van der Waals surface area contributed by atoms with Gasteiger partial charge in [0.25, 0.3) is 0 Å². The number of aliphatic hydroxyl groups is 1. The topological polar surface area (TPSA) is 74.2 Å². The number of carbonyl (C=O) groups excluding carboxylic acids is 1. The van der Waals surface area contributed by atoms with Crippen molar-refractivity contribution in [3.63, 3.8) is 0 Å². The SMILES string of the molecule is CSc1ccc(-c2csc(NC(=O)C3CC(O)CN3)n2)cc1. The molecule has 0 bridgehead atoms. The highest BCUT2D eigenvalue weighted by Crippen LogP contribution is 2.27. The molecule has 2 aromatic rings. The van der Waals surface area contributed by atoms with Crippen molar-refractivity contribution in [2.75, 3.05) is 18.1 Å². The van der Waals surface area contributed by atoms with E-state index >= 15 is 0 Å². The molecular formula is C15H17N3O2S2. The molecule has 7 heteroatoms. The van der Waals surface area contributed by atoms with Crippen LogP contribution < -0.4 is 10.6 Å². The molecule has 3 rings (SSSR count). The smallest absolute Gasteiger partial charge is 0.243 e. The molecule has 22 heavy (non-hydrogen) atoms. The fraction of sp³-hybridized carbons (Fsp3) is 0.333. The number of nitrogens with zero attached hydrogens (tertiary/aromatic N) is 1. The van der Waals surface area contributed by atoms with Gasteiger partial charge in [-0.15, -0.1) is 23.1 Å². The molecule has 1 amide bonds. The predicted octanol–water partition coefficient (Wildman–Crippen LogP) is 2.19. The Morgan fingerprint density at radius 2 is 2.23 bits per heavy atom. The number of aliphatic hydroxyl groups excluding tert-OH is 1. The average Bonchev–Trinajstić information content (AvgIpc) is 3.16. The van der Waals surface area contributed by atoms with Crippen molar-refractivity contribution in [3.8, 4) is 11.3 Å². The van der Waals surface area contributed by atoms with Crippen molar-refractivity contribution in [1.82, 2.24) is 10.3 Å². The van der Waals surface area contributed by atoms with Gasteiger partial charge in [-0.1, -0.05) is 12.1 Å². The van der Waals surface area contributed by atoms with Crippen LogP contribution >= 0.6 is 23.1 Å². The molecule has 0 radical (unpaired) electrons. The lowest BCUT2D eigenvalue weighted by Crippen LogP contribution is -2.35. The van der Waals surface area contributed by atoms with Gasteiger partial charge in [-0.2, -0.15) is 0 Å². The fourth-order valence-corrected chi connectivity index (χ4v) is 3.47. The van der Waals surface area contributed by atoms with Gasteiger partial charge >= 0.3 is 0 Å². The third-order valence-electron chi connectivity index (χ3n) is 3.54. The number of thioether (sulfide) groups is 1. The highest BCUT2D eigenvalue weighted by atomic mass is 32.2. The Kier molecular flexibility index (Phi) is 4.77. The lowest BCUT2D eigenvalue weighted by molar-refractivity contribution is -0.117. The quantitative estimate of drug-likeness (QED) is 0.747. The summed E-state index contributed by atoms with van der Waals surface area (Å²) in [5.41, 5.74) is 1.89. The molecule has 2 atom stereocenters. The average molecular weight is 335 g/mol. The number of hydrogen-bond donors (Lipinski definition) is 3. The Balaban J connectivity index is 1.66. The zero-order valence-electron chi connectivity index (χ0n) is 12.1. The van der Waals surface area contributed by atoms with Gasteiger partial charge < -0.3 is 15.7 Å². The van der Waals surface area contributed by atoms with E-state index in [0.29, 0.717) is 18.1 Å². The van der Waals surface area contributed by atoms with E-state index in [9.17, 15) is 9.90 Å². The lowest BCUT2D eigenvalue weighted by atomic mass is 10.2. The highest BCUT2D eigenvalue weighted by Gasteiger charge is 2.28. The molecule has 0 aliphatic carbocycles. The number of benzene rings is 1. The first-order valence-corrected chi connectivity index (χ1v) is 9.08. The summed E-state index contributed by atoms with van der Waals surface area (Å²) in [4.78, 5) is 17.7. The van der Waals surface area contributed by atoms with Crippen molar-refractivity contribution < 1.29 is 9.90 Å². The van der Waals surface area contributed by atoms with E-state index in [1.54, 1.807) is 11.8 Å². The molecule has 2 heterocycles. The molecule has 1 aliphatic heterocycles. The van der Waals surface area contributed by atoms with Gasteiger partial charge in [0, 0.05) is 22.4 Å². The first-order chi connectivity index (χ1) is 10.7. The third-order valence-corrected chi connectivity index (χ3v) is 5.05. The summed E-state index contributed by atoms with van der Waals surface area (Å²) in [7, 11) is 0. The van der Waals surface area contributed by atoms with Crippen LogP contribution in [0.15, 0.2) is 34.5 Å². The van der Waals surface area contributed by atoms with Gasteiger partial charge in [0.1, 0.15) is 0 Å². The Hall–Kier alpha value is -1.41. The second kappa shape index (κ2) is 6.78. The summed E-state index contributed by atoms with van der Waals surface area (Å²) in [6, 6.07) is 7.83. The number of β-amino-alcohol motifs (C(OH)–C–C–N with tert-alkyl or cyclic N) is 1. The zero-order valence-corrected chi connectivity index (χ0v) is 13.7. The Morgan fingerprint density at radius 1 is 1.45 bits per heavy atom. The fourth-order valence-electron chi connectivity index (χ4n) is 2.33. The number of carbonyl (C=O) groups is 1. The van der Waals surface area contributed by atoms with Crippen LogP contribution in [0.4, 0.5) is 5.13 Å². The third kappa shape index (κ3) is 3.49. The molecule has 1 saturated heterocycles. The van der Waals surface area contributed by atoms with Gasteiger partial charge in [-0.25, -0.2) is 4.98 Å². The Bertz CT molecular complexity index is 657. The van der Waals surface area contributed by atoms with Gasteiger partial charge in [-0.05, 0) is 24.8 Å². The minimum atomic E-state index is -0.447. The minimum Gasteiger partial charge on any atom is -0.392 e. The number of hydrogen-bond acceptors (Lipinski definition) is 6. The molecule has 0 spiro atoms. The molecule has 1 aromatic carbocycles. The highest BCUT2D eigenvalue weighted by molar-refractivity contribution is 7.98. The van der Waals surface area contributed by atoms with Gasteiger partial charge in [0.15, 0.2) is 5.13 Å². The van der Waals surface area contributed by atoms with Gasteiger partial charge in [-0.3, -0.25) is 4.79 Å². The van der Waals surface area contributed by atoms with E-state index in [0.717, 1.165) is 11.3 Å². The predicted molar refractivity (Wildman–Crippen MR) is 90.4 cm³/mol. The van der Waals surface area contributed by atoms with Crippen LogP contribution in [0.3, 0.4) is 0 Å². The number of nitrogens with one attached hydrogen (secondary N) is 2. The maximum Gasteiger partial charge on any atom is 0.243 e. The van der Waals surface area contributed by atoms with Crippen molar-refractivity contribution >= 4 is 34.1 Å². The van der Waals surface area contributed by atoms with Crippen LogP contribution in [0.2, 0.25) is 0 Å². The maximum atomic E-state index is 12.1. The Morgan fingerprint density at radius 3 is 2.86 bits per heavy atom. The first kappa shape index (κ1) is 15.5. The minimum absolute atomic E-state index is 0.143. The van der Waals surface area contributed by atoms with Crippen LogP contribution in [-0.2, 0) is 4.79 Å². The van der Waals surface area contributed by atoms with E-state index < -0.39 is 6.10 Å². The molecule has 116 valence electrons. The van der Waals surface area contributed by atoms with E-state index in [2.05, 4.69) is 27.8 Å². The largest absolute Gasteiger partial charge is 0.392 e. The lowest BCUT2D eigenvalue weighted by Gasteiger charge is -2.08. The molecule has 1 aliphatic rings. The summed E-state index contributed by atoms with van der Waals surface area (Å²) in [6.07, 6.45) is 2.04. The Labute approximate surface area is 137 Å². The molecule has 2 unspecified atom stereocenters. The summed E-state index contributed by atoms with van der Waals surface area (Å²) >= 11 is 3.10. The zero-order chi connectivity index (χ0) is 15.5. The van der Waals surface area contributed by atoms with Crippen LogP contribution in [0.1, 0.15) is 6.42 Å². The number of aromatic nitrogens is 1. The van der Waals surface area contributed by atoms with E-state index in [4.69, 9.17) is 0 Å².